The number of fused-ring (bicyclic) bond motifs is 1. The highest BCUT2D eigenvalue weighted by atomic mass is 32.2. The molecule has 0 saturated heterocycles. The molecule has 4 N–H and O–H groups in total. The molecule has 0 aromatic carbocycles. The first-order chi connectivity index (χ1) is 13.6. The minimum absolute atomic E-state index is 0.0956. The zero-order valence-electron chi connectivity index (χ0n) is 15.3. The summed E-state index contributed by atoms with van der Waals surface area (Å²) in [6.45, 7) is 3.29. The van der Waals surface area contributed by atoms with Gasteiger partial charge in [-0.2, -0.15) is 0 Å². The summed E-state index contributed by atoms with van der Waals surface area (Å²) >= 11 is 1.09. The van der Waals surface area contributed by atoms with Crippen molar-refractivity contribution < 1.29 is 31.9 Å². The molecule has 0 bridgehead atoms. The van der Waals surface area contributed by atoms with Crippen LogP contribution in [0.15, 0.2) is 21.6 Å². The number of hydrogen-bond acceptors (Lipinski definition) is 11. The second-order valence-corrected chi connectivity index (χ2v) is 8.21. The predicted molar refractivity (Wildman–Crippen MR) is 102 cm³/mol. The number of aromatic nitrogens is 2. The molecule has 154 valence electrons. The second kappa shape index (κ2) is 7.77. The Bertz CT molecular complexity index is 1210. The monoisotopic (exact) mass is 440 g/mol. The zero-order valence-corrected chi connectivity index (χ0v) is 16.9. The van der Waals surface area contributed by atoms with Crippen LogP contribution in [0.1, 0.15) is 38.5 Å². The Morgan fingerprint density at radius 2 is 1.93 bits per heavy atom. The van der Waals surface area contributed by atoms with Crippen LogP contribution in [0.2, 0.25) is 0 Å². The number of sulfonamides is 1. The van der Waals surface area contributed by atoms with Gasteiger partial charge in [0.1, 0.15) is 15.5 Å². The summed E-state index contributed by atoms with van der Waals surface area (Å²) in [4.78, 5) is 33.2. The number of furan rings is 1. The fraction of sp³-hybridized carbons (Fsp3) is 0.250. The van der Waals surface area contributed by atoms with Crippen LogP contribution < -0.4 is 10.9 Å². The Kier molecular flexibility index (Phi) is 5.55. The van der Waals surface area contributed by atoms with Gasteiger partial charge in [0.2, 0.25) is 10.9 Å². The SMILES string of the molecule is CCOC(=O)c1sc2nc(COC(=O)c3ccc(S(N)(=O)=O)o3)nc(N)c2c1C. The molecule has 0 spiro atoms. The van der Waals surface area contributed by atoms with Crippen molar-refractivity contribution in [2.24, 2.45) is 5.14 Å². The molecule has 29 heavy (non-hydrogen) atoms. The third-order valence-electron chi connectivity index (χ3n) is 3.72. The number of nitrogen functional groups attached to an aromatic ring is 1. The molecule has 0 atom stereocenters. The summed E-state index contributed by atoms with van der Waals surface area (Å²) in [5.41, 5.74) is 6.58. The van der Waals surface area contributed by atoms with Gasteiger partial charge in [-0.1, -0.05) is 0 Å². The molecule has 0 unspecified atom stereocenters. The minimum atomic E-state index is -4.08. The van der Waals surface area contributed by atoms with E-state index in [1.165, 1.54) is 0 Å². The fourth-order valence-electron chi connectivity index (χ4n) is 2.46. The number of thiophene rings is 1. The van der Waals surface area contributed by atoms with Crippen molar-refractivity contribution in [2.45, 2.75) is 25.5 Å². The maximum Gasteiger partial charge on any atom is 0.374 e. The van der Waals surface area contributed by atoms with Crippen molar-refractivity contribution in [3.8, 4) is 0 Å². The summed E-state index contributed by atoms with van der Waals surface area (Å²) in [6.07, 6.45) is 0. The fourth-order valence-corrected chi connectivity index (χ4v) is 4.02. The van der Waals surface area contributed by atoms with Gasteiger partial charge in [-0.3, -0.25) is 0 Å². The van der Waals surface area contributed by atoms with E-state index >= 15 is 0 Å². The summed E-state index contributed by atoms with van der Waals surface area (Å²) in [5, 5.41) is 4.88. The number of nitrogens with two attached hydrogens (primary N) is 2. The summed E-state index contributed by atoms with van der Waals surface area (Å²) in [5.74, 6) is -1.54. The first-order valence-corrected chi connectivity index (χ1v) is 10.5. The van der Waals surface area contributed by atoms with Crippen LogP contribution in [0, 0.1) is 6.92 Å². The predicted octanol–water partition coefficient (Wildman–Crippen LogP) is 1.36. The second-order valence-electron chi connectivity index (χ2n) is 5.72. The molecule has 0 radical (unpaired) electrons. The Morgan fingerprint density at radius 1 is 1.21 bits per heavy atom. The smallest absolute Gasteiger partial charge is 0.374 e. The molecule has 11 nitrogen and oxygen atoms in total. The molecular weight excluding hydrogens is 424 g/mol. The van der Waals surface area contributed by atoms with Gasteiger partial charge in [-0.25, -0.2) is 33.1 Å². The summed E-state index contributed by atoms with van der Waals surface area (Å²) in [6, 6.07) is 2.16. The lowest BCUT2D eigenvalue weighted by Crippen LogP contribution is -2.11. The van der Waals surface area contributed by atoms with E-state index in [4.69, 9.17) is 24.8 Å². The van der Waals surface area contributed by atoms with Crippen molar-refractivity contribution in [1.29, 1.82) is 0 Å². The molecule has 0 amide bonds. The molecule has 0 fully saturated rings. The molecule has 3 aromatic heterocycles. The van der Waals surface area contributed by atoms with E-state index in [-0.39, 0.29) is 30.6 Å². The third kappa shape index (κ3) is 4.21. The van der Waals surface area contributed by atoms with E-state index in [9.17, 15) is 18.0 Å². The maximum absolute atomic E-state index is 12.0. The molecular formula is C16H16N4O7S2. The lowest BCUT2D eigenvalue weighted by Gasteiger charge is -2.04. The number of carbonyl (C=O) groups is 2. The molecule has 0 aliphatic rings. The number of rotatable bonds is 6. The topological polar surface area (TPSA) is 178 Å². The van der Waals surface area contributed by atoms with Gasteiger partial charge in [-0.15, -0.1) is 11.3 Å². The highest BCUT2D eigenvalue weighted by Gasteiger charge is 2.22. The average molecular weight is 440 g/mol. The highest BCUT2D eigenvalue weighted by Crippen LogP contribution is 2.33. The number of primary sulfonamides is 1. The molecule has 0 aliphatic heterocycles. The van der Waals surface area contributed by atoms with Crippen molar-refractivity contribution >= 4 is 49.3 Å². The molecule has 3 heterocycles. The van der Waals surface area contributed by atoms with Crippen molar-refractivity contribution in [3.05, 3.63) is 34.2 Å². The normalized spacial score (nSPS) is 11.6. The van der Waals surface area contributed by atoms with Crippen LogP contribution in [0.5, 0.6) is 0 Å². The van der Waals surface area contributed by atoms with Gasteiger partial charge in [0, 0.05) is 0 Å². The van der Waals surface area contributed by atoms with E-state index < -0.39 is 27.1 Å². The van der Waals surface area contributed by atoms with Crippen molar-refractivity contribution in [2.75, 3.05) is 12.3 Å². The van der Waals surface area contributed by atoms with Crippen LogP contribution in [0.4, 0.5) is 5.82 Å². The van der Waals surface area contributed by atoms with Crippen molar-refractivity contribution in [3.63, 3.8) is 0 Å². The van der Waals surface area contributed by atoms with E-state index in [2.05, 4.69) is 9.97 Å². The number of aryl methyl sites for hydroxylation is 1. The zero-order chi connectivity index (χ0) is 21.3. The number of anilines is 1. The van der Waals surface area contributed by atoms with Crippen LogP contribution in [0.3, 0.4) is 0 Å². The lowest BCUT2D eigenvalue weighted by atomic mass is 10.2. The largest absolute Gasteiger partial charge is 0.462 e. The number of nitrogens with zero attached hydrogens (tertiary/aromatic N) is 2. The summed E-state index contributed by atoms with van der Waals surface area (Å²) < 4.78 is 37.3. The standard InChI is InChI=1S/C16H16N4O7S2/c1-3-25-16(22)12-7(2)11-13(17)19-9(20-14(11)28-12)6-26-15(21)8-4-5-10(27-8)29(18,23)24/h4-5H,3,6H2,1-2H3,(H2,17,19,20)(H2,18,23,24). The first kappa shape index (κ1) is 20.7. The number of carbonyl (C=O) groups excluding carboxylic acids is 2. The molecule has 0 aliphatic carbocycles. The Hall–Kier alpha value is -3.03. The lowest BCUT2D eigenvalue weighted by molar-refractivity contribution is 0.0419. The average Bonchev–Trinajstić information content (AvgIpc) is 3.25. The molecule has 3 aromatic rings. The highest BCUT2D eigenvalue weighted by molar-refractivity contribution is 7.89. The number of esters is 2. The van der Waals surface area contributed by atoms with Gasteiger partial charge in [0.15, 0.2) is 12.4 Å². The van der Waals surface area contributed by atoms with Gasteiger partial charge in [0.05, 0.1) is 12.0 Å². The molecule has 13 heteroatoms. The van der Waals surface area contributed by atoms with E-state index in [0.717, 1.165) is 23.5 Å². The molecule has 3 rings (SSSR count). The van der Waals surface area contributed by atoms with Crippen LogP contribution in [-0.2, 0) is 26.1 Å². The van der Waals surface area contributed by atoms with Crippen molar-refractivity contribution in [1.82, 2.24) is 9.97 Å². The van der Waals surface area contributed by atoms with E-state index in [1.54, 1.807) is 13.8 Å². The van der Waals surface area contributed by atoms with E-state index in [1.807, 2.05) is 0 Å². The Labute approximate surface area is 168 Å². The minimum Gasteiger partial charge on any atom is -0.462 e. The van der Waals surface area contributed by atoms with Crippen LogP contribution >= 0.6 is 11.3 Å². The number of ether oxygens (including phenoxy) is 2. The van der Waals surface area contributed by atoms with Gasteiger partial charge >= 0.3 is 11.9 Å². The first-order valence-electron chi connectivity index (χ1n) is 8.14. The Morgan fingerprint density at radius 3 is 2.55 bits per heavy atom. The van der Waals surface area contributed by atoms with Crippen LogP contribution in [-0.4, -0.2) is 36.9 Å². The number of hydrogen-bond donors (Lipinski definition) is 2. The van der Waals surface area contributed by atoms with Gasteiger partial charge < -0.3 is 19.6 Å². The maximum atomic E-state index is 12.0. The van der Waals surface area contributed by atoms with Gasteiger partial charge in [0.25, 0.3) is 10.0 Å². The third-order valence-corrected chi connectivity index (χ3v) is 5.67. The van der Waals surface area contributed by atoms with Gasteiger partial charge in [-0.05, 0) is 31.5 Å². The van der Waals surface area contributed by atoms with Crippen LogP contribution in [0.25, 0.3) is 10.2 Å². The Balaban J connectivity index is 1.81. The summed E-state index contributed by atoms with van der Waals surface area (Å²) in [7, 11) is -4.08. The molecule has 0 saturated carbocycles. The van der Waals surface area contributed by atoms with E-state index in [0.29, 0.717) is 20.7 Å². The quantitative estimate of drug-likeness (QED) is 0.532.